The third-order valence-corrected chi connectivity index (χ3v) is 6.46. The number of hydrogen-bond acceptors (Lipinski definition) is 7. The van der Waals surface area contributed by atoms with E-state index in [-0.39, 0.29) is 30.5 Å². The van der Waals surface area contributed by atoms with E-state index in [1.54, 1.807) is 17.5 Å². The molecule has 1 aromatic carbocycles. The van der Waals surface area contributed by atoms with Gasteiger partial charge in [-0.1, -0.05) is 43.0 Å². The summed E-state index contributed by atoms with van der Waals surface area (Å²) in [6.45, 7) is 1.50. The van der Waals surface area contributed by atoms with E-state index < -0.39 is 5.54 Å². The van der Waals surface area contributed by atoms with Gasteiger partial charge in [0.2, 0.25) is 17.7 Å². The topological polar surface area (TPSA) is 110 Å². The second kappa shape index (κ2) is 10.2. The molecule has 33 heavy (non-hydrogen) atoms. The predicted molar refractivity (Wildman–Crippen MR) is 122 cm³/mol. The Morgan fingerprint density at radius 3 is 2.70 bits per heavy atom. The van der Waals surface area contributed by atoms with Crippen LogP contribution >= 0.6 is 11.3 Å². The summed E-state index contributed by atoms with van der Waals surface area (Å²) < 4.78 is 18.8. The zero-order valence-electron chi connectivity index (χ0n) is 18.4. The lowest BCUT2D eigenvalue weighted by atomic mass is 9.89. The molecular formula is C23H26FN5O3S. The third kappa shape index (κ3) is 5.81. The Hall–Kier alpha value is -3.14. The molecule has 0 aliphatic heterocycles. The zero-order chi connectivity index (χ0) is 23.3. The minimum Gasteiger partial charge on any atom is -0.343 e. The SMILES string of the molecule is CC(=O)NC1(c2noc(CCC(=O)Nc3nc(-c4cccc(F)c4)cs3)n2)CCCCCC1. The number of aryl methyl sites for hydroxylation is 1. The van der Waals surface area contributed by atoms with Crippen LogP contribution in [-0.4, -0.2) is 26.9 Å². The summed E-state index contributed by atoms with van der Waals surface area (Å²) in [6.07, 6.45) is 6.15. The van der Waals surface area contributed by atoms with Gasteiger partial charge in [0, 0.05) is 30.7 Å². The maximum absolute atomic E-state index is 13.4. The fourth-order valence-corrected chi connectivity index (χ4v) is 4.87. The number of nitrogens with one attached hydrogen (secondary N) is 2. The summed E-state index contributed by atoms with van der Waals surface area (Å²) in [5.74, 6) is 0.141. The van der Waals surface area contributed by atoms with Gasteiger partial charge in [-0.05, 0) is 25.0 Å². The van der Waals surface area contributed by atoms with Crippen LogP contribution in [0.5, 0.6) is 0 Å². The van der Waals surface area contributed by atoms with Crippen LogP contribution in [0.2, 0.25) is 0 Å². The minimum atomic E-state index is -0.611. The first kappa shape index (κ1) is 23.0. The Balaban J connectivity index is 1.36. The quantitative estimate of drug-likeness (QED) is 0.488. The number of thiazole rings is 1. The number of carbonyl (C=O) groups is 2. The van der Waals surface area contributed by atoms with Crippen LogP contribution in [0.25, 0.3) is 11.3 Å². The van der Waals surface area contributed by atoms with E-state index >= 15 is 0 Å². The van der Waals surface area contributed by atoms with Crippen molar-refractivity contribution in [3.8, 4) is 11.3 Å². The second-order valence-corrected chi connectivity index (χ2v) is 9.14. The van der Waals surface area contributed by atoms with Crippen molar-refractivity contribution in [3.63, 3.8) is 0 Å². The standard InChI is InChI=1S/C23H26FN5O3S/c1-15(30)28-23(11-4-2-3-5-12-23)21-27-20(32-29-21)10-9-19(31)26-22-25-18(14-33-22)16-7-6-8-17(24)13-16/h6-8,13-14H,2-5,9-12H2,1H3,(H,28,30)(H,25,26,31). The van der Waals surface area contributed by atoms with Gasteiger partial charge in [-0.2, -0.15) is 4.98 Å². The lowest BCUT2D eigenvalue weighted by molar-refractivity contribution is -0.121. The molecule has 2 heterocycles. The molecule has 0 bridgehead atoms. The molecule has 1 aliphatic rings. The molecule has 10 heteroatoms. The van der Waals surface area contributed by atoms with E-state index in [2.05, 4.69) is 25.8 Å². The smallest absolute Gasteiger partial charge is 0.227 e. The summed E-state index contributed by atoms with van der Waals surface area (Å²) in [7, 11) is 0. The number of amides is 2. The maximum atomic E-state index is 13.4. The van der Waals surface area contributed by atoms with E-state index in [9.17, 15) is 14.0 Å². The molecule has 2 aromatic heterocycles. The molecule has 2 N–H and O–H groups in total. The molecule has 0 unspecified atom stereocenters. The zero-order valence-corrected chi connectivity index (χ0v) is 19.2. The van der Waals surface area contributed by atoms with Crippen molar-refractivity contribution in [2.75, 3.05) is 5.32 Å². The van der Waals surface area contributed by atoms with Crippen molar-refractivity contribution in [2.24, 2.45) is 0 Å². The molecule has 1 fully saturated rings. The number of anilines is 1. The Labute approximate surface area is 195 Å². The highest BCUT2D eigenvalue weighted by Crippen LogP contribution is 2.34. The summed E-state index contributed by atoms with van der Waals surface area (Å²) in [6, 6.07) is 6.15. The van der Waals surface area contributed by atoms with E-state index in [4.69, 9.17) is 4.52 Å². The molecule has 2 amide bonds. The summed E-state index contributed by atoms with van der Waals surface area (Å²) in [4.78, 5) is 33.1. The van der Waals surface area contributed by atoms with Crippen molar-refractivity contribution in [1.82, 2.24) is 20.4 Å². The first-order valence-electron chi connectivity index (χ1n) is 11.1. The summed E-state index contributed by atoms with van der Waals surface area (Å²) in [5.41, 5.74) is 0.639. The molecule has 0 radical (unpaired) electrons. The molecule has 4 rings (SSSR count). The minimum absolute atomic E-state index is 0.122. The lowest BCUT2D eigenvalue weighted by Crippen LogP contribution is -2.45. The van der Waals surface area contributed by atoms with Crippen LogP contribution in [0.1, 0.15) is 63.6 Å². The number of halogens is 1. The second-order valence-electron chi connectivity index (χ2n) is 8.29. The fraction of sp³-hybridized carbons (Fsp3) is 0.435. The first-order chi connectivity index (χ1) is 15.9. The molecule has 174 valence electrons. The monoisotopic (exact) mass is 471 g/mol. The van der Waals surface area contributed by atoms with Crippen LogP contribution in [0, 0.1) is 5.82 Å². The summed E-state index contributed by atoms with van der Waals surface area (Å²) >= 11 is 1.27. The Morgan fingerprint density at radius 1 is 1.18 bits per heavy atom. The fourth-order valence-electron chi connectivity index (χ4n) is 4.14. The van der Waals surface area contributed by atoms with E-state index in [0.717, 1.165) is 38.5 Å². The van der Waals surface area contributed by atoms with Gasteiger partial charge in [0.1, 0.15) is 11.4 Å². The number of rotatable bonds is 7. The van der Waals surface area contributed by atoms with Gasteiger partial charge in [-0.25, -0.2) is 9.37 Å². The van der Waals surface area contributed by atoms with E-state index in [0.29, 0.717) is 28.1 Å². The maximum Gasteiger partial charge on any atom is 0.227 e. The molecule has 0 spiro atoms. The predicted octanol–water partition coefficient (Wildman–Crippen LogP) is 4.59. The van der Waals surface area contributed by atoms with E-state index in [1.807, 2.05) is 0 Å². The molecular weight excluding hydrogens is 445 g/mol. The largest absolute Gasteiger partial charge is 0.343 e. The van der Waals surface area contributed by atoms with Crippen LogP contribution < -0.4 is 10.6 Å². The highest BCUT2D eigenvalue weighted by atomic mass is 32.1. The van der Waals surface area contributed by atoms with Gasteiger partial charge in [-0.3, -0.25) is 9.59 Å². The van der Waals surface area contributed by atoms with Crippen molar-refractivity contribution in [1.29, 1.82) is 0 Å². The van der Waals surface area contributed by atoms with Crippen LogP contribution in [0.4, 0.5) is 9.52 Å². The van der Waals surface area contributed by atoms with Gasteiger partial charge in [0.25, 0.3) is 0 Å². The first-order valence-corrected chi connectivity index (χ1v) is 11.9. The van der Waals surface area contributed by atoms with Crippen molar-refractivity contribution in [2.45, 2.75) is 63.8 Å². The number of aromatic nitrogens is 3. The summed E-state index contributed by atoms with van der Waals surface area (Å²) in [5, 5.41) is 12.1. The van der Waals surface area contributed by atoms with E-state index in [1.165, 1.54) is 30.4 Å². The number of benzene rings is 1. The molecule has 8 nitrogen and oxygen atoms in total. The van der Waals surface area contributed by atoms with Gasteiger partial charge in [-0.15, -0.1) is 11.3 Å². The highest BCUT2D eigenvalue weighted by molar-refractivity contribution is 7.14. The lowest BCUT2D eigenvalue weighted by Gasteiger charge is -2.30. The average molecular weight is 472 g/mol. The highest BCUT2D eigenvalue weighted by Gasteiger charge is 2.38. The molecule has 0 saturated heterocycles. The number of hydrogen-bond donors (Lipinski definition) is 2. The van der Waals surface area contributed by atoms with Crippen LogP contribution in [0.3, 0.4) is 0 Å². The van der Waals surface area contributed by atoms with Gasteiger partial charge in [0.15, 0.2) is 11.0 Å². The van der Waals surface area contributed by atoms with Crippen molar-refractivity contribution >= 4 is 28.3 Å². The Kier molecular flexibility index (Phi) is 7.12. The van der Waals surface area contributed by atoms with Crippen molar-refractivity contribution < 1.29 is 18.5 Å². The normalized spacial score (nSPS) is 15.6. The third-order valence-electron chi connectivity index (χ3n) is 5.71. The Bertz CT molecular complexity index is 1120. The molecule has 3 aromatic rings. The van der Waals surface area contributed by atoms with Crippen LogP contribution in [-0.2, 0) is 21.5 Å². The molecule has 1 aliphatic carbocycles. The average Bonchev–Trinajstić information content (AvgIpc) is 3.38. The number of nitrogens with zero attached hydrogens (tertiary/aromatic N) is 3. The number of carbonyl (C=O) groups excluding carboxylic acids is 2. The molecule has 0 atom stereocenters. The Morgan fingerprint density at radius 2 is 1.97 bits per heavy atom. The van der Waals surface area contributed by atoms with Crippen molar-refractivity contribution in [3.05, 3.63) is 47.2 Å². The van der Waals surface area contributed by atoms with Gasteiger partial charge < -0.3 is 15.2 Å². The van der Waals surface area contributed by atoms with Gasteiger partial charge in [0.05, 0.1) is 5.69 Å². The van der Waals surface area contributed by atoms with Crippen LogP contribution in [0.15, 0.2) is 34.2 Å². The van der Waals surface area contributed by atoms with Gasteiger partial charge >= 0.3 is 0 Å². The molecule has 1 saturated carbocycles.